The van der Waals surface area contributed by atoms with E-state index in [1.807, 2.05) is 0 Å². The number of alkyl halides is 3. The highest BCUT2D eigenvalue weighted by molar-refractivity contribution is 5.83. The summed E-state index contributed by atoms with van der Waals surface area (Å²) in [6, 6.07) is 8.79. The minimum absolute atomic E-state index is 0.0605. The normalized spacial score (nSPS) is 11.9. The molecule has 0 fully saturated rings. The SMILES string of the molecule is C=CC(=C)Nc1ccc(F)c(Nc2nc(N/C(C=NCCCC)=C/N)ncc2-c2ccc(C(F)(F)F)cc2)c1. The van der Waals surface area contributed by atoms with Crippen LogP contribution in [0.25, 0.3) is 11.1 Å². The molecule has 0 bridgehead atoms. The summed E-state index contributed by atoms with van der Waals surface area (Å²) in [6.07, 6.45) is 3.21. The first-order valence-corrected chi connectivity index (χ1v) is 12.0. The van der Waals surface area contributed by atoms with Crippen LogP contribution in [-0.2, 0) is 6.18 Å². The lowest BCUT2D eigenvalue weighted by atomic mass is 10.1. The van der Waals surface area contributed by atoms with Crippen molar-refractivity contribution < 1.29 is 17.6 Å². The molecule has 0 aliphatic rings. The molecule has 0 unspecified atom stereocenters. The summed E-state index contributed by atoms with van der Waals surface area (Å²) in [7, 11) is 0. The van der Waals surface area contributed by atoms with E-state index < -0.39 is 17.6 Å². The van der Waals surface area contributed by atoms with E-state index in [0.717, 1.165) is 25.0 Å². The number of nitrogens with two attached hydrogens (primary N) is 1. The fourth-order valence-electron chi connectivity index (χ4n) is 3.31. The van der Waals surface area contributed by atoms with Gasteiger partial charge in [-0.1, -0.05) is 38.6 Å². The number of hydrogen-bond acceptors (Lipinski definition) is 7. The molecule has 3 aromatic rings. The van der Waals surface area contributed by atoms with E-state index in [4.69, 9.17) is 5.73 Å². The fraction of sp³-hybridized carbons (Fsp3) is 0.179. The maximum absolute atomic E-state index is 14.8. The van der Waals surface area contributed by atoms with Crippen molar-refractivity contribution in [2.45, 2.75) is 25.9 Å². The van der Waals surface area contributed by atoms with E-state index in [0.29, 0.717) is 34.8 Å². The van der Waals surface area contributed by atoms with Gasteiger partial charge in [-0.15, -0.1) is 0 Å². The Hall–Kier alpha value is -4.67. The minimum atomic E-state index is -4.49. The average molecular weight is 540 g/mol. The third-order valence-corrected chi connectivity index (χ3v) is 5.39. The highest BCUT2D eigenvalue weighted by Gasteiger charge is 2.30. The number of aliphatic imine (C=N–C) groups is 1. The molecule has 0 aliphatic carbocycles. The van der Waals surface area contributed by atoms with E-state index in [-0.39, 0.29) is 17.5 Å². The molecule has 0 saturated carbocycles. The van der Waals surface area contributed by atoms with E-state index in [2.05, 4.69) is 51.0 Å². The van der Waals surface area contributed by atoms with Crippen LogP contribution in [0.1, 0.15) is 25.3 Å². The molecule has 1 aromatic heterocycles. The molecule has 3 rings (SSSR count). The largest absolute Gasteiger partial charge is 0.416 e. The maximum Gasteiger partial charge on any atom is 0.416 e. The molecule has 11 heteroatoms. The molecular formula is C28H29F4N7. The molecule has 0 radical (unpaired) electrons. The molecule has 7 nitrogen and oxygen atoms in total. The molecule has 204 valence electrons. The summed E-state index contributed by atoms with van der Waals surface area (Å²) in [5, 5.41) is 8.86. The molecule has 0 amide bonds. The van der Waals surface area contributed by atoms with Gasteiger partial charge in [-0.2, -0.15) is 18.2 Å². The first kappa shape index (κ1) is 28.9. The number of aromatic nitrogens is 2. The van der Waals surface area contributed by atoms with Crippen molar-refractivity contribution in [1.29, 1.82) is 0 Å². The zero-order chi connectivity index (χ0) is 28.4. The van der Waals surface area contributed by atoms with Crippen LogP contribution < -0.4 is 21.7 Å². The number of nitrogens with zero attached hydrogens (tertiary/aromatic N) is 3. The van der Waals surface area contributed by atoms with Crippen LogP contribution in [-0.4, -0.2) is 22.7 Å². The van der Waals surface area contributed by atoms with E-state index in [9.17, 15) is 17.6 Å². The predicted molar refractivity (Wildman–Crippen MR) is 149 cm³/mol. The van der Waals surface area contributed by atoms with Crippen LogP contribution in [0.2, 0.25) is 0 Å². The minimum Gasteiger partial charge on any atom is -0.403 e. The summed E-state index contributed by atoms with van der Waals surface area (Å²) in [6.45, 7) is 10.1. The van der Waals surface area contributed by atoms with Crippen LogP contribution in [0.15, 0.2) is 90.5 Å². The Bertz CT molecular complexity index is 1360. The summed E-state index contributed by atoms with van der Waals surface area (Å²) < 4.78 is 54.1. The van der Waals surface area contributed by atoms with Crippen LogP contribution in [0.3, 0.4) is 0 Å². The fourth-order valence-corrected chi connectivity index (χ4v) is 3.31. The van der Waals surface area contributed by atoms with Crippen LogP contribution in [0.5, 0.6) is 0 Å². The molecule has 0 aliphatic heterocycles. The smallest absolute Gasteiger partial charge is 0.403 e. The second-order valence-electron chi connectivity index (χ2n) is 8.34. The van der Waals surface area contributed by atoms with E-state index >= 15 is 0 Å². The second kappa shape index (κ2) is 13.2. The topological polar surface area (TPSA) is 100 Å². The Kier molecular flexibility index (Phi) is 9.80. The Morgan fingerprint density at radius 2 is 1.87 bits per heavy atom. The molecule has 0 atom stereocenters. The first-order chi connectivity index (χ1) is 18.6. The third kappa shape index (κ3) is 8.16. The first-order valence-electron chi connectivity index (χ1n) is 12.0. The van der Waals surface area contributed by atoms with Crippen molar-refractivity contribution >= 4 is 29.4 Å². The highest BCUT2D eigenvalue weighted by atomic mass is 19.4. The van der Waals surface area contributed by atoms with Gasteiger partial charge in [0.1, 0.15) is 11.6 Å². The average Bonchev–Trinajstić information content (AvgIpc) is 2.92. The van der Waals surface area contributed by atoms with Crippen molar-refractivity contribution in [1.82, 2.24) is 9.97 Å². The van der Waals surface area contributed by atoms with Gasteiger partial charge in [0.2, 0.25) is 5.95 Å². The molecule has 39 heavy (non-hydrogen) atoms. The van der Waals surface area contributed by atoms with Gasteiger partial charge in [0.25, 0.3) is 0 Å². The number of hydrogen-bond donors (Lipinski definition) is 4. The summed E-state index contributed by atoms with van der Waals surface area (Å²) >= 11 is 0. The van der Waals surface area contributed by atoms with Gasteiger partial charge in [-0.05, 0) is 48.4 Å². The number of halogens is 4. The summed E-state index contributed by atoms with van der Waals surface area (Å²) in [5.41, 5.74) is 7.17. The predicted octanol–water partition coefficient (Wildman–Crippen LogP) is 7.24. The molecular weight excluding hydrogens is 510 g/mol. The zero-order valence-electron chi connectivity index (χ0n) is 21.3. The quantitative estimate of drug-likeness (QED) is 0.0838. The van der Waals surface area contributed by atoms with Gasteiger partial charge in [-0.25, -0.2) is 9.37 Å². The van der Waals surface area contributed by atoms with Gasteiger partial charge >= 0.3 is 6.18 Å². The Labute approximate surface area is 224 Å². The number of benzene rings is 2. The number of rotatable bonds is 12. The molecule has 5 N–H and O–H groups in total. The zero-order valence-corrected chi connectivity index (χ0v) is 21.3. The third-order valence-electron chi connectivity index (χ3n) is 5.39. The molecule has 2 aromatic carbocycles. The number of nitrogens with one attached hydrogen (secondary N) is 3. The number of anilines is 4. The second-order valence-corrected chi connectivity index (χ2v) is 8.34. The standard InChI is InChI=1S/C28H29F4N7/c1-4-6-13-34-16-22(15-33)37-27-35-17-23(19-7-9-20(10-8-19)28(30,31)32)26(39-27)38-25-14-21(11-12-24(25)29)36-18(3)5-2/h5,7-12,14-17,36H,2-4,6,13,33H2,1H3,(H2,35,37,38,39)/b22-15+,34-16?. The molecule has 0 saturated heterocycles. The van der Waals surface area contributed by atoms with E-state index in [1.54, 1.807) is 6.21 Å². The van der Waals surface area contributed by atoms with Crippen LogP contribution in [0.4, 0.5) is 40.7 Å². The highest BCUT2D eigenvalue weighted by Crippen LogP contribution is 2.34. The van der Waals surface area contributed by atoms with Crippen molar-refractivity contribution in [3.05, 3.63) is 96.9 Å². The van der Waals surface area contributed by atoms with E-state index in [1.165, 1.54) is 48.8 Å². The lowest BCUT2D eigenvalue weighted by molar-refractivity contribution is -0.137. The number of unbranched alkanes of at least 4 members (excludes halogenated alkanes) is 1. The van der Waals surface area contributed by atoms with Crippen LogP contribution in [0, 0.1) is 5.82 Å². The van der Waals surface area contributed by atoms with Crippen molar-refractivity contribution in [2.75, 3.05) is 22.5 Å². The van der Waals surface area contributed by atoms with Gasteiger partial charge in [0.15, 0.2) is 0 Å². The van der Waals surface area contributed by atoms with Crippen molar-refractivity contribution in [2.24, 2.45) is 10.7 Å². The number of allylic oxidation sites excluding steroid dienone is 2. The van der Waals surface area contributed by atoms with Crippen molar-refractivity contribution in [3.63, 3.8) is 0 Å². The monoisotopic (exact) mass is 539 g/mol. The lowest BCUT2D eigenvalue weighted by Crippen LogP contribution is -2.09. The van der Waals surface area contributed by atoms with Gasteiger partial charge in [0.05, 0.1) is 16.9 Å². The Morgan fingerprint density at radius 3 is 2.51 bits per heavy atom. The lowest BCUT2D eigenvalue weighted by Gasteiger charge is -2.16. The Morgan fingerprint density at radius 1 is 1.13 bits per heavy atom. The Balaban J connectivity index is 2.01. The van der Waals surface area contributed by atoms with Gasteiger partial charge in [-0.3, -0.25) is 4.99 Å². The summed E-state index contributed by atoms with van der Waals surface area (Å²) in [5.74, 6) is -0.325. The van der Waals surface area contributed by atoms with Crippen molar-refractivity contribution in [3.8, 4) is 11.1 Å². The van der Waals surface area contributed by atoms with Gasteiger partial charge in [0, 0.05) is 42.1 Å². The summed E-state index contributed by atoms with van der Waals surface area (Å²) in [4.78, 5) is 13.0. The molecule has 0 spiro atoms. The molecule has 1 heterocycles. The maximum atomic E-state index is 14.8. The van der Waals surface area contributed by atoms with Crippen LogP contribution >= 0.6 is 0 Å². The van der Waals surface area contributed by atoms with Gasteiger partial charge < -0.3 is 21.7 Å².